The fourth-order valence-electron chi connectivity index (χ4n) is 2.72. The standard InChI is InChI=1S/C13H18N6OS/c1-8-11(9(2)15-14-8)18-4-6-19(7-5-18)13(20)12-10(3)16-17-21-12/h4-7H2,1-3H3,(H,14,15). The van der Waals surface area contributed by atoms with Crippen LogP contribution in [0.4, 0.5) is 5.69 Å². The Morgan fingerprint density at radius 1 is 1.14 bits per heavy atom. The maximum atomic E-state index is 12.4. The lowest BCUT2D eigenvalue weighted by atomic mass is 10.2. The number of carbonyl (C=O) groups is 1. The van der Waals surface area contributed by atoms with Crippen LogP contribution in [-0.4, -0.2) is 56.8 Å². The zero-order chi connectivity index (χ0) is 15.0. The van der Waals surface area contributed by atoms with Gasteiger partial charge >= 0.3 is 0 Å². The van der Waals surface area contributed by atoms with Gasteiger partial charge in [-0.2, -0.15) is 5.10 Å². The molecule has 1 fully saturated rings. The Kier molecular flexibility index (Phi) is 3.62. The Hall–Kier alpha value is -1.96. The SMILES string of the molecule is Cc1nnsc1C(=O)N1CCN(c2c(C)n[nH]c2C)CC1. The van der Waals surface area contributed by atoms with E-state index >= 15 is 0 Å². The summed E-state index contributed by atoms with van der Waals surface area (Å²) in [5.74, 6) is 0.0442. The van der Waals surface area contributed by atoms with Crippen molar-refractivity contribution in [2.75, 3.05) is 31.1 Å². The van der Waals surface area contributed by atoms with Crippen LogP contribution in [0.15, 0.2) is 0 Å². The van der Waals surface area contributed by atoms with Gasteiger partial charge in [0, 0.05) is 26.2 Å². The molecule has 0 atom stereocenters. The van der Waals surface area contributed by atoms with Crippen molar-refractivity contribution in [3.8, 4) is 0 Å². The summed E-state index contributed by atoms with van der Waals surface area (Å²) in [6.07, 6.45) is 0. The van der Waals surface area contributed by atoms with E-state index < -0.39 is 0 Å². The van der Waals surface area contributed by atoms with Gasteiger partial charge in [-0.25, -0.2) is 0 Å². The first-order valence-corrected chi connectivity index (χ1v) is 7.70. The first-order chi connectivity index (χ1) is 10.1. The van der Waals surface area contributed by atoms with Crippen molar-refractivity contribution >= 4 is 23.1 Å². The summed E-state index contributed by atoms with van der Waals surface area (Å²) in [5, 5.41) is 11.2. The van der Waals surface area contributed by atoms with Crippen LogP contribution in [0.2, 0.25) is 0 Å². The molecule has 1 saturated heterocycles. The van der Waals surface area contributed by atoms with Crippen LogP contribution in [0, 0.1) is 20.8 Å². The molecule has 0 bridgehead atoms. The molecule has 0 aromatic carbocycles. The quantitative estimate of drug-likeness (QED) is 0.900. The molecule has 2 aromatic rings. The average molecular weight is 306 g/mol. The highest BCUT2D eigenvalue weighted by molar-refractivity contribution is 7.07. The highest BCUT2D eigenvalue weighted by atomic mass is 32.1. The Bertz CT molecular complexity index is 636. The normalized spacial score (nSPS) is 15.6. The number of nitrogens with one attached hydrogen (secondary N) is 1. The van der Waals surface area contributed by atoms with Gasteiger partial charge in [-0.3, -0.25) is 9.89 Å². The Balaban J connectivity index is 1.68. The molecule has 0 aliphatic carbocycles. The second kappa shape index (κ2) is 5.44. The van der Waals surface area contributed by atoms with Crippen molar-refractivity contribution in [3.63, 3.8) is 0 Å². The van der Waals surface area contributed by atoms with Gasteiger partial charge in [0.1, 0.15) is 4.88 Å². The van der Waals surface area contributed by atoms with Crippen LogP contribution in [0.25, 0.3) is 0 Å². The second-order valence-corrected chi connectivity index (χ2v) is 6.00. The summed E-state index contributed by atoms with van der Waals surface area (Å²) in [7, 11) is 0. The maximum Gasteiger partial charge on any atom is 0.267 e. The molecule has 0 saturated carbocycles. The minimum absolute atomic E-state index is 0.0442. The number of carbonyl (C=O) groups excluding carboxylic acids is 1. The lowest BCUT2D eigenvalue weighted by molar-refractivity contribution is 0.0750. The third kappa shape index (κ3) is 2.51. The van der Waals surface area contributed by atoms with E-state index in [1.165, 1.54) is 11.5 Å². The first-order valence-electron chi connectivity index (χ1n) is 6.92. The van der Waals surface area contributed by atoms with Gasteiger partial charge in [0.05, 0.1) is 22.8 Å². The zero-order valence-electron chi connectivity index (χ0n) is 12.4. The van der Waals surface area contributed by atoms with Crippen LogP contribution >= 0.6 is 11.5 Å². The van der Waals surface area contributed by atoms with E-state index in [0.717, 1.165) is 30.2 Å². The molecule has 0 unspecified atom stereocenters. The Morgan fingerprint density at radius 3 is 2.38 bits per heavy atom. The smallest absolute Gasteiger partial charge is 0.267 e. The molecule has 3 heterocycles. The minimum Gasteiger partial charge on any atom is -0.365 e. The second-order valence-electron chi connectivity index (χ2n) is 5.25. The fraction of sp³-hybridized carbons (Fsp3) is 0.538. The van der Waals surface area contributed by atoms with Gasteiger partial charge in [-0.1, -0.05) is 4.49 Å². The third-order valence-electron chi connectivity index (χ3n) is 3.82. The van der Waals surface area contributed by atoms with E-state index in [4.69, 9.17) is 0 Å². The lowest BCUT2D eigenvalue weighted by Crippen LogP contribution is -2.49. The molecule has 2 aromatic heterocycles. The number of piperazine rings is 1. The number of hydrogen-bond acceptors (Lipinski definition) is 6. The number of anilines is 1. The topological polar surface area (TPSA) is 78.0 Å². The van der Waals surface area contributed by atoms with Crippen LogP contribution in [-0.2, 0) is 0 Å². The zero-order valence-corrected chi connectivity index (χ0v) is 13.2. The number of nitrogens with zero attached hydrogens (tertiary/aromatic N) is 5. The number of H-pyrrole nitrogens is 1. The van der Waals surface area contributed by atoms with E-state index in [9.17, 15) is 4.79 Å². The van der Waals surface area contributed by atoms with E-state index in [0.29, 0.717) is 23.7 Å². The lowest BCUT2D eigenvalue weighted by Gasteiger charge is -2.36. The molecule has 0 spiro atoms. The number of rotatable bonds is 2. The van der Waals surface area contributed by atoms with Crippen LogP contribution in [0.1, 0.15) is 26.8 Å². The monoisotopic (exact) mass is 306 g/mol. The number of amides is 1. The predicted molar refractivity (Wildman–Crippen MR) is 80.8 cm³/mol. The molecule has 3 rings (SSSR count). The summed E-state index contributed by atoms with van der Waals surface area (Å²) in [6.45, 7) is 8.91. The van der Waals surface area contributed by atoms with Gasteiger partial charge in [0.25, 0.3) is 5.91 Å². The average Bonchev–Trinajstić information content (AvgIpc) is 3.05. The van der Waals surface area contributed by atoms with Gasteiger partial charge in [-0.15, -0.1) is 5.10 Å². The fourth-order valence-corrected chi connectivity index (χ4v) is 3.34. The highest BCUT2D eigenvalue weighted by Crippen LogP contribution is 2.24. The van der Waals surface area contributed by atoms with Gasteiger partial charge < -0.3 is 9.80 Å². The molecule has 1 aliphatic heterocycles. The first kappa shape index (κ1) is 14.0. The van der Waals surface area contributed by atoms with Crippen molar-refractivity contribution < 1.29 is 4.79 Å². The van der Waals surface area contributed by atoms with E-state index in [2.05, 4.69) is 24.7 Å². The molecule has 112 valence electrons. The summed E-state index contributed by atoms with van der Waals surface area (Å²) < 4.78 is 3.84. The molecule has 7 nitrogen and oxygen atoms in total. The summed E-state index contributed by atoms with van der Waals surface area (Å²) >= 11 is 1.17. The van der Waals surface area contributed by atoms with Crippen LogP contribution < -0.4 is 4.90 Å². The number of hydrogen-bond donors (Lipinski definition) is 1. The Morgan fingerprint density at radius 2 is 1.86 bits per heavy atom. The van der Waals surface area contributed by atoms with Crippen molar-refractivity contribution in [2.24, 2.45) is 0 Å². The minimum atomic E-state index is 0.0442. The van der Waals surface area contributed by atoms with E-state index in [1.54, 1.807) is 0 Å². The third-order valence-corrected chi connectivity index (χ3v) is 4.63. The maximum absolute atomic E-state index is 12.4. The van der Waals surface area contributed by atoms with Crippen molar-refractivity contribution in [2.45, 2.75) is 20.8 Å². The van der Waals surface area contributed by atoms with Crippen molar-refractivity contribution in [1.29, 1.82) is 0 Å². The summed E-state index contributed by atoms with van der Waals surface area (Å²) in [5.41, 5.74) is 3.97. The van der Waals surface area contributed by atoms with Crippen LogP contribution in [0.3, 0.4) is 0 Å². The van der Waals surface area contributed by atoms with Crippen molar-refractivity contribution in [1.82, 2.24) is 24.7 Å². The van der Waals surface area contributed by atoms with Gasteiger partial charge in [0.15, 0.2) is 0 Å². The molecule has 1 aliphatic rings. The van der Waals surface area contributed by atoms with Crippen LogP contribution in [0.5, 0.6) is 0 Å². The van der Waals surface area contributed by atoms with Gasteiger partial charge in [0.2, 0.25) is 0 Å². The molecule has 0 radical (unpaired) electrons. The largest absolute Gasteiger partial charge is 0.365 e. The van der Waals surface area contributed by atoms with E-state index in [-0.39, 0.29) is 5.91 Å². The molecular weight excluding hydrogens is 288 g/mol. The number of aromatic amines is 1. The summed E-state index contributed by atoms with van der Waals surface area (Å²) in [6, 6.07) is 0. The number of aromatic nitrogens is 4. The Labute approximate surface area is 127 Å². The highest BCUT2D eigenvalue weighted by Gasteiger charge is 2.26. The van der Waals surface area contributed by atoms with Gasteiger partial charge in [-0.05, 0) is 32.3 Å². The number of aryl methyl sites for hydroxylation is 3. The molecule has 8 heteroatoms. The predicted octanol–water partition coefficient (Wildman–Crippen LogP) is 1.15. The van der Waals surface area contributed by atoms with E-state index in [1.807, 2.05) is 25.7 Å². The molecule has 1 N–H and O–H groups in total. The molecular formula is C13H18N6OS. The molecule has 21 heavy (non-hydrogen) atoms. The van der Waals surface area contributed by atoms with Crippen molar-refractivity contribution in [3.05, 3.63) is 22.0 Å². The summed E-state index contributed by atoms with van der Waals surface area (Å²) in [4.78, 5) is 17.2. The molecule has 1 amide bonds.